The van der Waals surface area contributed by atoms with Crippen LogP contribution in [0.2, 0.25) is 0 Å². The number of ether oxygens (including phenoxy) is 1. The Balaban J connectivity index is 1.67. The van der Waals surface area contributed by atoms with Crippen molar-refractivity contribution in [3.8, 4) is 0 Å². The highest BCUT2D eigenvalue weighted by atomic mass is 16.6. The number of benzene rings is 2. The lowest BCUT2D eigenvalue weighted by Crippen LogP contribution is -2.45. The summed E-state index contributed by atoms with van der Waals surface area (Å²) in [4.78, 5) is 47.8. The third-order valence-electron chi connectivity index (χ3n) is 5.52. The SMILES string of the molecule is COCCN(C(=O)C1=NOC(c2ccccc2)C1)c1c(N)n(Cc2ccccc2)c(=O)[nH]c1=O. The average molecular weight is 463 g/mol. The van der Waals surface area contributed by atoms with E-state index in [1.165, 1.54) is 16.6 Å². The van der Waals surface area contributed by atoms with E-state index < -0.39 is 23.3 Å². The van der Waals surface area contributed by atoms with Gasteiger partial charge in [-0.3, -0.25) is 24.0 Å². The van der Waals surface area contributed by atoms with E-state index in [4.69, 9.17) is 15.3 Å². The van der Waals surface area contributed by atoms with Crippen molar-refractivity contribution in [2.45, 2.75) is 19.1 Å². The highest BCUT2D eigenvalue weighted by Gasteiger charge is 2.33. The molecule has 1 aromatic heterocycles. The Bertz CT molecular complexity index is 1300. The van der Waals surface area contributed by atoms with Gasteiger partial charge in [0, 0.05) is 20.1 Å². The zero-order valence-electron chi connectivity index (χ0n) is 18.6. The van der Waals surface area contributed by atoms with Crippen LogP contribution in [-0.2, 0) is 20.9 Å². The molecule has 4 rings (SSSR count). The van der Waals surface area contributed by atoms with E-state index >= 15 is 0 Å². The van der Waals surface area contributed by atoms with E-state index in [2.05, 4.69) is 10.1 Å². The normalized spacial score (nSPS) is 15.0. The van der Waals surface area contributed by atoms with Gasteiger partial charge in [0.2, 0.25) is 0 Å². The summed E-state index contributed by atoms with van der Waals surface area (Å²) in [5.74, 6) is -0.668. The second-order valence-corrected chi connectivity index (χ2v) is 7.76. The van der Waals surface area contributed by atoms with Gasteiger partial charge in [0.05, 0.1) is 13.2 Å². The number of carbonyl (C=O) groups excluding carboxylic acids is 1. The number of nitrogens with one attached hydrogen (secondary N) is 1. The molecule has 0 fully saturated rings. The molecule has 2 aromatic carbocycles. The van der Waals surface area contributed by atoms with E-state index in [-0.39, 0.29) is 43.3 Å². The molecule has 0 saturated heterocycles. The predicted molar refractivity (Wildman–Crippen MR) is 128 cm³/mol. The van der Waals surface area contributed by atoms with Crippen molar-refractivity contribution in [2.75, 3.05) is 30.9 Å². The van der Waals surface area contributed by atoms with E-state index in [1.54, 1.807) is 0 Å². The first-order valence-electron chi connectivity index (χ1n) is 10.7. The van der Waals surface area contributed by atoms with Crippen LogP contribution in [-0.4, -0.2) is 41.4 Å². The Morgan fingerprint density at radius 3 is 2.53 bits per heavy atom. The van der Waals surface area contributed by atoms with Crippen molar-refractivity contribution < 1.29 is 14.4 Å². The number of nitrogens with two attached hydrogens (primary N) is 1. The van der Waals surface area contributed by atoms with Crippen LogP contribution < -0.4 is 21.9 Å². The molecule has 0 radical (unpaired) electrons. The standard InChI is InChI=1S/C24H25N5O5/c1-33-13-12-28(23(31)18-14-19(34-27-18)17-10-6-3-7-11-17)20-21(25)29(24(32)26-22(20)30)15-16-8-4-2-5-9-16/h2-11,19H,12-15,25H2,1H3,(H,26,30,32). The van der Waals surface area contributed by atoms with Gasteiger partial charge < -0.3 is 15.3 Å². The number of anilines is 2. The van der Waals surface area contributed by atoms with Crippen LogP contribution in [0, 0.1) is 0 Å². The minimum atomic E-state index is -0.768. The number of nitrogens with zero attached hydrogens (tertiary/aromatic N) is 3. The zero-order valence-corrected chi connectivity index (χ0v) is 18.6. The summed E-state index contributed by atoms with van der Waals surface area (Å²) in [6, 6.07) is 18.6. The summed E-state index contributed by atoms with van der Waals surface area (Å²) in [5, 5.41) is 3.98. The molecule has 34 heavy (non-hydrogen) atoms. The fourth-order valence-corrected chi connectivity index (χ4v) is 3.76. The number of methoxy groups -OCH3 is 1. The quantitative estimate of drug-likeness (QED) is 0.522. The molecule has 176 valence electrons. The van der Waals surface area contributed by atoms with Gasteiger partial charge in [-0.1, -0.05) is 65.8 Å². The summed E-state index contributed by atoms with van der Waals surface area (Å²) < 4.78 is 6.36. The number of hydrogen-bond acceptors (Lipinski definition) is 7. The molecule has 3 aromatic rings. The van der Waals surface area contributed by atoms with Crippen molar-refractivity contribution in [1.82, 2.24) is 9.55 Å². The number of nitrogen functional groups attached to an aromatic ring is 1. The molecule has 0 aliphatic carbocycles. The molecule has 10 heteroatoms. The smallest absolute Gasteiger partial charge is 0.330 e. The summed E-state index contributed by atoms with van der Waals surface area (Å²) in [7, 11) is 1.48. The lowest BCUT2D eigenvalue weighted by atomic mass is 10.0. The molecule has 0 bridgehead atoms. The van der Waals surface area contributed by atoms with Gasteiger partial charge in [-0.15, -0.1) is 0 Å². The molecule has 1 aliphatic rings. The predicted octanol–water partition coefficient (Wildman–Crippen LogP) is 1.66. The number of rotatable bonds is 8. The van der Waals surface area contributed by atoms with Crippen molar-refractivity contribution in [1.29, 1.82) is 0 Å². The molecule has 10 nitrogen and oxygen atoms in total. The van der Waals surface area contributed by atoms with Crippen LogP contribution in [0.4, 0.5) is 11.5 Å². The van der Waals surface area contributed by atoms with Gasteiger partial charge in [-0.2, -0.15) is 0 Å². The van der Waals surface area contributed by atoms with Gasteiger partial charge in [0.25, 0.3) is 11.5 Å². The maximum absolute atomic E-state index is 13.5. The molecule has 1 atom stereocenters. The van der Waals surface area contributed by atoms with Crippen LogP contribution in [0.25, 0.3) is 0 Å². The van der Waals surface area contributed by atoms with Crippen molar-refractivity contribution >= 4 is 23.1 Å². The van der Waals surface area contributed by atoms with Crippen LogP contribution in [0.3, 0.4) is 0 Å². The molecule has 1 aliphatic heterocycles. The summed E-state index contributed by atoms with van der Waals surface area (Å²) in [5.41, 5.74) is 6.56. The van der Waals surface area contributed by atoms with Crippen LogP contribution in [0.1, 0.15) is 23.7 Å². The number of hydrogen-bond donors (Lipinski definition) is 2. The first-order chi connectivity index (χ1) is 16.5. The van der Waals surface area contributed by atoms with Crippen molar-refractivity contribution in [2.24, 2.45) is 5.16 Å². The van der Waals surface area contributed by atoms with Crippen LogP contribution in [0.5, 0.6) is 0 Å². The number of carbonyl (C=O) groups is 1. The summed E-state index contributed by atoms with van der Waals surface area (Å²) in [6.07, 6.45) is -0.180. The fourth-order valence-electron chi connectivity index (χ4n) is 3.76. The number of aromatic amines is 1. The van der Waals surface area contributed by atoms with E-state index in [0.29, 0.717) is 0 Å². The van der Waals surface area contributed by atoms with Crippen molar-refractivity contribution in [3.63, 3.8) is 0 Å². The largest absolute Gasteiger partial charge is 0.387 e. The molecule has 0 saturated carbocycles. The third-order valence-corrected chi connectivity index (χ3v) is 5.52. The number of amides is 1. The highest BCUT2D eigenvalue weighted by Crippen LogP contribution is 2.28. The van der Waals surface area contributed by atoms with Gasteiger partial charge >= 0.3 is 5.69 Å². The zero-order chi connectivity index (χ0) is 24.1. The lowest BCUT2D eigenvalue weighted by Gasteiger charge is -2.24. The Morgan fingerprint density at radius 2 is 1.85 bits per heavy atom. The van der Waals surface area contributed by atoms with Crippen molar-refractivity contribution in [3.05, 3.63) is 92.6 Å². The second-order valence-electron chi connectivity index (χ2n) is 7.76. The minimum absolute atomic E-state index is 0.0289. The third kappa shape index (κ3) is 4.76. The maximum Gasteiger partial charge on any atom is 0.330 e. The Hall–Kier alpha value is -4.18. The monoisotopic (exact) mass is 463 g/mol. The van der Waals surface area contributed by atoms with Gasteiger partial charge in [-0.05, 0) is 11.1 Å². The first-order valence-corrected chi connectivity index (χ1v) is 10.7. The molecule has 1 amide bonds. The first kappa shape index (κ1) is 23.0. The lowest BCUT2D eigenvalue weighted by molar-refractivity contribution is -0.112. The molecule has 3 N–H and O–H groups in total. The average Bonchev–Trinajstić information content (AvgIpc) is 3.35. The maximum atomic E-state index is 13.5. The van der Waals surface area contributed by atoms with Crippen LogP contribution >= 0.6 is 0 Å². The Labute approximate surface area is 195 Å². The van der Waals surface area contributed by atoms with E-state index in [9.17, 15) is 14.4 Å². The van der Waals surface area contributed by atoms with E-state index in [1.807, 2.05) is 60.7 Å². The molecule has 2 heterocycles. The molecular weight excluding hydrogens is 438 g/mol. The molecular formula is C24H25N5O5. The molecule has 1 unspecified atom stereocenters. The van der Waals surface area contributed by atoms with Gasteiger partial charge in [0.1, 0.15) is 11.5 Å². The van der Waals surface area contributed by atoms with Gasteiger partial charge in [-0.25, -0.2) is 4.79 Å². The minimum Gasteiger partial charge on any atom is -0.387 e. The number of oxime groups is 1. The Morgan fingerprint density at radius 1 is 1.18 bits per heavy atom. The molecule has 0 spiro atoms. The fraction of sp³-hybridized carbons (Fsp3) is 0.250. The second kappa shape index (κ2) is 10.2. The van der Waals surface area contributed by atoms with Crippen LogP contribution in [0.15, 0.2) is 75.4 Å². The highest BCUT2D eigenvalue weighted by molar-refractivity contribution is 6.44. The van der Waals surface area contributed by atoms with Gasteiger partial charge in [0.15, 0.2) is 11.8 Å². The summed E-state index contributed by atoms with van der Waals surface area (Å²) in [6.45, 7) is 0.293. The number of aromatic nitrogens is 2. The number of H-pyrrole nitrogens is 1. The van der Waals surface area contributed by atoms with E-state index in [0.717, 1.165) is 11.1 Å². The topological polar surface area (TPSA) is 132 Å². The summed E-state index contributed by atoms with van der Waals surface area (Å²) >= 11 is 0. The Kier molecular flexibility index (Phi) is 6.88.